The van der Waals surface area contributed by atoms with E-state index in [-0.39, 0.29) is 22.8 Å². The van der Waals surface area contributed by atoms with Crippen molar-refractivity contribution in [2.75, 3.05) is 13.1 Å². The molecular formula is C7H28N6O4S2. The number of carbonyl (C=O) groups is 2. The van der Waals surface area contributed by atoms with E-state index in [2.05, 4.69) is 24.8 Å². The summed E-state index contributed by atoms with van der Waals surface area (Å²) in [6.07, 6.45) is 0. The number of carboxylic acids is 2. The van der Waals surface area contributed by atoms with Crippen molar-refractivity contribution in [2.45, 2.75) is 13.8 Å². The zero-order chi connectivity index (χ0) is 14.1. The van der Waals surface area contributed by atoms with E-state index in [9.17, 15) is 0 Å². The van der Waals surface area contributed by atoms with Crippen LogP contribution in [0.5, 0.6) is 0 Å². The summed E-state index contributed by atoms with van der Waals surface area (Å²) in [5.74, 6) is -1.67. The summed E-state index contributed by atoms with van der Waals surface area (Å²) in [6.45, 7) is 3.36. The van der Waals surface area contributed by atoms with Crippen LogP contribution in [0.3, 0.4) is 0 Å². The number of carboxylic acid groups (broad SMARTS) is 2. The molecule has 0 heterocycles. The Morgan fingerprint density at radius 3 is 1.05 bits per heavy atom. The molecule has 10 nitrogen and oxygen atoms in total. The molecule has 0 atom stereocenters. The second-order valence-electron chi connectivity index (χ2n) is 1.95. The van der Waals surface area contributed by atoms with Gasteiger partial charge in [-0.1, -0.05) is 12.2 Å². The van der Waals surface area contributed by atoms with Crippen molar-refractivity contribution in [3.05, 3.63) is 0 Å². The molecule has 19 heavy (non-hydrogen) atoms. The third kappa shape index (κ3) is 9530000. The maximum atomic E-state index is 9.00. The molecule has 0 rings (SSSR count). The summed E-state index contributed by atoms with van der Waals surface area (Å²) in [5.41, 5.74) is 14.5. The van der Waals surface area contributed by atoms with Gasteiger partial charge in [0.15, 0.2) is 0 Å². The normalized spacial score (nSPS) is 5.53. The van der Waals surface area contributed by atoms with Crippen LogP contribution in [0, 0.1) is 0 Å². The first-order valence-electron chi connectivity index (χ1n) is 3.89. The lowest BCUT2D eigenvalue weighted by atomic mass is 10.7. The van der Waals surface area contributed by atoms with Crippen LogP contribution < -0.4 is 35.7 Å². The first-order chi connectivity index (χ1) is 7.11. The molecule has 0 amide bonds. The van der Waals surface area contributed by atoms with Gasteiger partial charge in [0.1, 0.15) is 4.32 Å². The predicted octanol–water partition coefficient (Wildman–Crippen LogP) is -0.269. The van der Waals surface area contributed by atoms with E-state index < -0.39 is 11.9 Å². The van der Waals surface area contributed by atoms with Crippen LogP contribution in [0.25, 0.3) is 0 Å². The van der Waals surface area contributed by atoms with E-state index >= 15 is 0 Å². The minimum absolute atomic E-state index is 0. The molecule has 0 aliphatic heterocycles. The van der Waals surface area contributed by atoms with E-state index in [1.165, 1.54) is 0 Å². The maximum Gasteiger partial charge on any atom is 0.300 e. The van der Waals surface area contributed by atoms with Crippen molar-refractivity contribution in [1.29, 1.82) is 0 Å². The fourth-order valence-electron chi connectivity index (χ4n) is 0. The average Bonchev–Trinajstić information content (AvgIpc) is 2.00. The molecule has 0 aromatic carbocycles. The Labute approximate surface area is 124 Å². The molecular weight excluding hydrogens is 296 g/mol. The molecule has 0 bridgehead atoms. The van der Waals surface area contributed by atoms with Gasteiger partial charge in [-0.2, -0.15) is 0 Å². The number of thiol groups is 1. The fraction of sp³-hybridized carbons (Fsp3) is 0.571. The van der Waals surface area contributed by atoms with Crippen LogP contribution in [0.4, 0.5) is 0 Å². The Kier molecular flexibility index (Phi) is 98.5. The molecule has 0 unspecified atom stereocenters. The van der Waals surface area contributed by atoms with E-state index in [4.69, 9.17) is 37.0 Å². The van der Waals surface area contributed by atoms with Gasteiger partial charge in [-0.05, 0) is 0 Å². The minimum atomic E-state index is -0.833. The third-order valence-corrected chi connectivity index (χ3v) is 0.167. The Morgan fingerprint density at radius 1 is 1.00 bits per heavy atom. The molecule has 0 saturated carbocycles. The largest absolute Gasteiger partial charge is 0.481 e. The van der Waals surface area contributed by atoms with Crippen LogP contribution in [-0.2, 0) is 9.59 Å². The van der Waals surface area contributed by atoms with Crippen LogP contribution in [-0.4, -0.2) is 39.6 Å². The highest BCUT2D eigenvalue weighted by Crippen LogP contribution is 1.63. The van der Waals surface area contributed by atoms with Gasteiger partial charge in [-0.15, -0.1) is 12.6 Å². The first-order valence-corrected chi connectivity index (χ1v) is 4.74. The van der Waals surface area contributed by atoms with Gasteiger partial charge in [-0.3, -0.25) is 9.59 Å². The Bertz CT molecular complexity index is 154. The van der Waals surface area contributed by atoms with Crippen molar-refractivity contribution in [2.24, 2.45) is 17.2 Å². The molecule has 0 radical (unpaired) electrons. The molecule has 0 aliphatic rings. The minimum Gasteiger partial charge on any atom is -0.481 e. The molecule has 122 valence electrons. The lowest BCUT2D eigenvalue weighted by molar-refractivity contribution is -0.135. The van der Waals surface area contributed by atoms with Crippen molar-refractivity contribution < 1.29 is 19.8 Å². The second-order valence-corrected chi connectivity index (χ2v) is 3.18. The van der Waals surface area contributed by atoms with Crippen LogP contribution >= 0.6 is 24.8 Å². The smallest absolute Gasteiger partial charge is 0.300 e. The summed E-state index contributed by atoms with van der Waals surface area (Å²) in [6, 6.07) is 0. The Hall–Kier alpha value is -1.02. The summed E-state index contributed by atoms with van der Waals surface area (Å²) >= 11 is 7.65. The van der Waals surface area contributed by atoms with Gasteiger partial charge < -0.3 is 45.9 Å². The molecule has 0 spiro atoms. The predicted molar refractivity (Wildman–Crippen MR) is 85.6 cm³/mol. The molecule has 0 aliphatic carbocycles. The highest BCUT2D eigenvalue weighted by Gasteiger charge is 1.65. The fourth-order valence-corrected chi connectivity index (χ4v) is 0. The summed E-state index contributed by atoms with van der Waals surface area (Å²) in [4.78, 5) is 18.0. The van der Waals surface area contributed by atoms with E-state index in [1.807, 2.05) is 0 Å². The number of aliphatic carboxylic acids is 2. The Morgan fingerprint density at radius 2 is 1.05 bits per heavy atom. The van der Waals surface area contributed by atoms with E-state index in [0.29, 0.717) is 13.1 Å². The SMILES string of the molecule is CC(=O)O.CC(=O)O.N.N.N.NC(=S)S.NCCN. The van der Waals surface area contributed by atoms with Gasteiger partial charge in [0.05, 0.1) is 0 Å². The van der Waals surface area contributed by atoms with E-state index in [0.717, 1.165) is 13.8 Å². The molecule has 0 aromatic heterocycles. The third-order valence-electron chi connectivity index (χ3n) is 0.167. The number of hydrogen-bond acceptors (Lipinski definition) is 8. The van der Waals surface area contributed by atoms with Crippen molar-refractivity contribution in [1.82, 2.24) is 18.5 Å². The standard InChI is InChI=1S/C2H8N2.2C2H4O2.CH3NS2.3H3N/c3-1-2-4;2*1-2(3)4;2-1(3)4;;;/h1-4H2;2*1H3,(H,3,4);(H3,2,3,4);3*1H3. The molecule has 12 heteroatoms. The van der Waals surface area contributed by atoms with Crippen LogP contribution in [0.15, 0.2) is 0 Å². The average molecular weight is 324 g/mol. The van der Waals surface area contributed by atoms with Crippen molar-refractivity contribution >= 4 is 41.1 Å². The van der Waals surface area contributed by atoms with Crippen LogP contribution in [0.2, 0.25) is 0 Å². The van der Waals surface area contributed by atoms with Crippen LogP contribution in [0.1, 0.15) is 13.8 Å². The van der Waals surface area contributed by atoms with Gasteiger partial charge >= 0.3 is 0 Å². The van der Waals surface area contributed by atoms with Gasteiger partial charge in [0.25, 0.3) is 11.9 Å². The monoisotopic (exact) mass is 324 g/mol. The second kappa shape index (κ2) is 43.5. The topological polar surface area (TPSA) is 258 Å². The van der Waals surface area contributed by atoms with Gasteiger partial charge in [0, 0.05) is 26.9 Å². The van der Waals surface area contributed by atoms with Gasteiger partial charge in [0.2, 0.25) is 0 Å². The molecule has 0 fully saturated rings. The lowest BCUT2D eigenvalue weighted by Gasteiger charge is -1.72. The highest BCUT2D eigenvalue weighted by molar-refractivity contribution is 8.10. The Balaban J connectivity index is -0.0000000192. The number of rotatable bonds is 1. The summed E-state index contributed by atoms with van der Waals surface area (Å²) < 4.78 is 0.194. The first kappa shape index (κ1) is 43.0. The number of thiocarbonyl (C=S) groups is 1. The zero-order valence-corrected chi connectivity index (χ0v) is 13.0. The molecule has 0 saturated heterocycles. The van der Waals surface area contributed by atoms with Crippen molar-refractivity contribution in [3.63, 3.8) is 0 Å². The maximum absolute atomic E-state index is 9.00. The number of hydrogen-bond donors (Lipinski definition) is 9. The molecule has 0 aromatic rings. The summed E-state index contributed by atoms with van der Waals surface area (Å²) in [7, 11) is 0. The van der Waals surface area contributed by atoms with Gasteiger partial charge in [-0.25, -0.2) is 0 Å². The number of nitrogens with two attached hydrogens (primary N) is 3. The van der Waals surface area contributed by atoms with Crippen molar-refractivity contribution in [3.8, 4) is 0 Å². The molecule has 17 N–H and O–H groups in total. The lowest BCUT2D eigenvalue weighted by Crippen LogP contribution is -2.11. The highest BCUT2D eigenvalue weighted by atomic mass is 32.1. The quantitative estimate of drug-likeness (QED) is 0.224. The van der Waals surface area contributed by atoms with E-state index in [1.54, 1.807) is 0 Å². The summed E-state index contributed by atoms with van der Waals surface area (Å²) in [5, 5.41) is 14.8. The zero-order valence-electron chi connectivity index (χ0n) is 11.3.